The summed E-state index contributed by atoms with van der Waals surface area (Å²) in [5, 5.41) is 6.42. The molecule has 3 nitrogen and oxygen atoms in total. The van der Waals surface area contributed by atoms with E-state index >= 15 is 0 Å². The van der Waals surface area contributed by atoms with E-state index in [1.54, 1.807) is 24.3 Å². The molecule has 2 atom stereocenters. The van der Waals surface area contributed by atoms with Crippen molar-refractivity contribution in [2.45, 2.75) is 44.2 Å². The van der Waals surface area contributed by atoms with Crippen LogP contribution in [0.2, 0.25) is 0 Å². The van der Waals surface area contributed by atoms with Crippen molar-refractivity contribution in [2.24, 2.45) is 5.92 Å². The fourth-order valence-electron chi connectivity index (χ4n) is 4.36. The van der Waals surface area contributed by atoms with Gasteiger partial charge in [0.1, 0.15) is 0 Å². The lowest BCUT2D eigenvalue weighted by Gasteiger charge is -2.28. The first-order valence-corrected chi connectivity index (χ1v) is 9.29. The second-order valence-corrected chi connectivity index (χ2v) is 7.53. The van der Waals surface area contributed by atoms with Gasteiger partial charge in [0.25, 0.3) is 0 Å². The molecule has 7 heteroatoms. The predicted octanol–water partition coefficient (Wildman–Crippen LogP) is 5.05. The van der Waals surface area contributed by atoms with Gasteiger partial charge >= 0.3 is 0 Å². The molecule has 1 amide bonds. The number of amides is 1. The van der Waals surface area contributed by atoms with Crippen molar-refractivity contribution in [1.29, 1.82) is 0 Å². The van der Waals surface area contributed by atoms with E-state index < -0.39 is 17.5 Å². The van der Waals surface area contributed by atoms with E-state index in [-0.39, 0.29) is 23.9 Å². The van der Waals surface area contributed by atoms with E-state index in [9.17, 15) is 18.0 Å². The van der Waals surface area contributed by atoms with Crippen molar-refractivity contribution in [3.05, 3.63) is 53.8 Å². The standard InChI is InChI=1S/C21H21F3N2O.ClH/c22-17-10-13(11-18(23)21(17)24)16-3-1-2-4-19(16)26-20(27)9-12-7-14-5-6-15(8-12)25-14;/h1-4,10-12,14-15,25H,5-9H2,(H,26,27);1H. The Labute approximate surface area is 168 Å². The molecule has 2 aromatic carbocycles. The molecule has 2 aliphatic heterocycles. The van der Waals surface area contributed by atoms with Gasteiger partial charge in [-0.3, -0.25) is 4.79 Å². The highest BCUT2D eigenvalue weighted by molar-refractivity contribution is 5.95. The van der Waals surface area contributed by atoms with Gasteiger partial charge in [-0.1, -0.05) is 18.2 Å². The average Bonchev–Trinajstić information content (AvgIpc) is 2.98. The molecule has 0 saturated carbocycles. The van der Waals surface area contributed by atoms with E-state index in [4.69, 9.17) is 0 Å². The number of hydrogen-bond donors (Lipinski definition) is 2. The minimum Gasteiger partial charge on any atom is -0.326 e. The van der Waals surface area contributed by atoms with Gasteiger partial charge in [-0.2, -0.15) is 0 Å². The van der Waals surface area contributed by atoms with Crippen LogP contribution in [0.5, 0.6) is 0 Å². The summed E-state index contributed by atoms with van der Waals surface area (Å²) in [7, 11) is 0. The minimum absolute atomic E-state index is 0. The van der Waals surface area contributed by atoms with E-state index in [1.165, 1.54) is 12.8 Å². The predicted molar refractivity (Wildman–Crippen MR) is 105 cm³/mol. The highest BCUT2D eigenvalue weighted by atomic mass is 35.5. The minimum atomic E-state index is -1.50. The zero-order valence-electron chi connectivity index (χ0n) is 15.2. The molecular formula is C21H22ClF3N2O. The molecule has 4 rings (SSSR count). The van der Waals surface area contributed by atoms with Crippen LogP contribution in [0.1, 0.15) is 32.1 Å². The smallest absolute Gasteiger partial charge is 0.224 e. The van der Waals surface area contributed by atoms with Gasteiger partial charge in [0.05, 0.1) is 0 Å². The molecule has 2 bridgehead atoms. The summed E-state index contributed by atoms with van der Waals surface area (Å²) in [4.78, 5) is 12.5. The Balaban J connectivity index is 0.00000225. The van der Waals surface area contributed by atoms with Crippen molar-refractivity contribution < 1.29 is 18.0 Å². The lowest BCUT2D eigenvalue weighted by Crippen LogP contribution is -2.39. The molecule has 2 aromatic rings. The summed E-state index contributed by atoms with van der Waals surface area (Å²) in [5.74, 6) is -3.78. The number of carbonyl (C=O) groups excluding carboxylic acids is 1. The van der Waals surface area contributed by atoms with Crippen LogP contribution >= 0.6 is 12.4 Å². The molecule has 2 heterocycles. The van der Waals surface area contributed by atoms with Crippen LogP contribution in [0.15, 0.2) is 36.4 Å². The molecule has 2 saturated heterocycles. The summed E-state index contributed by atoms with van der Waals surface area (Å²) in [6.07, 6.45) is 4.77. The molecule has 28 heavy (non-hydrogen) atoms. The summed E-state index contributed by atoms with van der Waals surface area (Å²) >= 11 is 0. The van der Waals surface area contributed by atoms with Crippen LogP contribution in [0.3, 0.4) is 0 Å². The van der Waals surface area contributed by atoms with Crippen molar-refractivity contribution in [1.82, 2.24) is 5.32 Å². The largest absolute Gasteiger partial charge is 0.326 e. The van der Waals surface area contributed by atoms with Crippen LogP contribution in [-0.2, 0) is 4.79 Å². The van der Waals surface area contributed by atoms with E-state index in [1.807, 2.05) is 0 Å². The Hall–Kier alpha value is -2.05. The molecule has 0 aliphatic carbocycles. The Morgan fingerprint density at radius 3 is 2.29 bits per heavy atom. The molecule has 2 fully saturated rings. The third kappa shape index (κ3) is 4.33. The van der Waals surface area contributed by atoms with Gasteiger partial charge in [0, 0.05) is 29.8 Å². The maximum Gasteiger partial charge on any atom is 0.224 e. The lowest BCUT2D eigenvalue weighted by molar-refractivity contribution is -0.117. The number of hydrogen-bond acceptors (Lipinski definition) is 2. The lowest BCUT2D eigenvalue weighted by atomic mass is 9.89. The fraction of sp³-hybridized carbons (Fsp3) is 0.381. The zero-order valence-corrected chi connectivity index (χ0v) is 16.0. The molecule has 2 unspecified atom stereocenters. The number of piperidine rings is 1. The van der Waals surface area contributed by atoms with E-state index in [0.29, 0.717) is 35.7 Å². The van der Waals surface area contributed by atoms with E-state index in [0.717, 1.165) is 25.0 Å². The topological polar surface area (TPSA) is 41.1 Å². The third-order valence-corrected chi connectivity index (χ3v) is 5.54. The molecular weight excluding hydrogens is 389 g/mol. The van der Waals surface area contributed by atoms with Crippen molar-refractivity contribution in [3.8, 4) is 11.1 Å². The molecule has 0 radical (unpaired) electrons. The highest BCUT2D eigenvalue weighted by Crippen LogP contribution is 2.34. The van der Waals surface area contributed by atoms with Gasteiger partial charge in [-0.15, -0.1) is 12.4 Å². The van der Waals surface area contributed by atoms with Gasteiger partial charge in [0.15, 0.2) is 17.5 Å². The monoisotopic (exact) mass is 410 g/mol. The summed E-state index contributed by atoms with van der Waals surface area (Å²) < 4.78 is 40.4. The highest BCUT2D eigenvalue weighted by Gasteiger charge is 2.34. The van der Waals surface area contributed by atoms with Crippen LogP contribution in [0.25, 0.3) is 11.1 Å². The van der Waals surface area contributed by atoms with Gasteiger partial charge in [0.2, 0.25) is 5.91 Å². The third-order valence-electron chi connectivity index (χ3n) is 5.54. The van der Waals surface area contributed by atoms with Gasteiger partial charge in [-0.05, 0) is 55.4 Å². The number of anilines is 1. The van der Waals surface area contributed by atoms with Gasteiger partial charge < -0.3 is 10.6 Å². The number of benzene rings is 2. The zero-order chi connectivity index (χ0) is 19.0. The Morgan fingerprint density at radius 1 is 1.04 bits per heavy atom. The summed E-state index contributed by atoms with van der Waals surface area (Å²) in [5.41, 5.74) is 1.10. The Morgan fingerprint density at radius 2 is 1.64 bits per heavy atom. The average molecular weight is 411 g/mol. The first kappa shape index (κ1) is 20.7. The van der Waals surface area contributed by atoms with Crippen LogP contribution in [0, 0.1) is 23.4 Å². The number of nitrogens with one attached hydrogen (secondary N) is 2. The number of para-hydroxylation sites is 1. The fourth-order valence-corrected chi connectivity index (χ4v) is 4.36. The van der Waals surface area contributed by atoms with Crippen LogP contribution in [0.4, 0.5) is 18.9 Å². The van der Waals surface area contributed by atoms with Gasteiger partial charge in [-0.25, -0.2) is 13.2 Å². The molecule has 150 valence electrons. The first-order valence-electron chi connectivity index (χ1n) is 9.29. The molecule has 2 aliphatic rings. The maximum atomic E-state index is 13.6. The van der Waals surface area contributed by atoms with Crippen molar-refractivity contribution in [3.63, 3.8) is 0 Å². The van der Waals surface area contributed by atoms with E-state index in [2.05, 4.69) is 10.6 Å². The molecule has 0 aromatic heterocycles. The van der Waals surface area contributed by atoms with Crippen molar-refractivity contribution >= 4 is 24.0 Å². The van der Waals surface area contributed by atoms with Crippen LogP contribution in [-0.4, -0.2) is 18.0 Å². The van der Waals surface area contributed by atoms with Crippen molar-refractivity contribution in [2.75, 3.05) is 5.32 Å². The normalized spacial score (nSPS) is 23.2. The quantitative estimate of drug-likeness (QED) is 0.692. The summed E-state index contributed by atoms with van der Waals surface area (Å²) in [6, 6.07) is 9.67. The number of fused-ring (bicyclic) bond motifs is 2. The second-order valence-electron chi connectivity index (χ2n) is 7.53. The first-order chi connectivity index (χ1) is 13.0. The number of halogens is 4. The van der Waals surface area contributed by atoms with Crippen LogP contribution < -0.4 is 10.6 Å². The molecule has 2 N–H and O–H groups in total. The SMILES string of the molecule is Cl.O=C(CC1CC2CCC(C1)N2)Nc1ccccc1-c1cc(F)c(F)c(F)c1. The second kappa shape index (κ2) is 8.53. The number of rotatable bonds is 4. The maximum absolute atomic E-state index is 13.6. The number of carbonyl (C=O) groups is 1. The Bertz CT molecular complexity index is 841. The molecule has 0 spiro atoms. The Kier molecular flexibility index (Phi) is 6.30. The summed E-state index contributed by atoms with van der Waals surface area (Å²) in [6.45, 7) is 0.